The van der Waals surface area contributed by atoms with Gasteiger partial charge in [0.2, 0.25) is 0 Å². The van der Waals surface area contributed by atoms with Gasteiger partial charge in [-0.05, 0) is 51.9 Å². The fourth-order valence-corrected chi connectivity index (χ4v) is 7.06. The van der Waals surface area contributed by atoms with E-state index in [1.165, 1.54) is 11.3 Å². The van der Waals surface area contributed by atoms with E-state index in [0.717, 1.165) is 16.3 Å². The number of thiazole rings is 1. The van der Waals surface area contributed by atoms with Crippen molar-refractivity contribution in [2.24, 2.45) is 18.9 Å². The summed E-state index contributed by atoms with van der Waals surface area (Å²) < 4.78 is 48.5. The van der Waals surface area contributed by atoms with E-state index in [4.69, 9.17) is 19.7 Å². The molecule has 3 saturated carbocycles. The van der Waals surface area contributed by atoms with Crippen LogP contribution in [0, 0.1) is 25.7 Å². The molecule has 3 atom stereocenters. The summed E-state index contributed by atoms with van der Waals surface area (Å²) in [7, 11) is 1.71. The Kier molecular flexibility index (Phi) is 5.13. The molecule has 3 aliphatic carbocycles. The minimum absolute atomic E-state index is 0.0461. The first-order valence-electron chi connectivity index (χ1n) is 11.9. The van der Waals surface area contributed by atoms with E-state index in [2.05, 4.69) is 4.98 Å². The molecule has 1 saturated heterocycles. The van der Waals surface area contributed by atoms with Crippen molar-refractivity contribution in [1.82, 2.24) is 24.5 Å². The molecule has 4 heterocycles. The lowest BCUT2D eigenvalue weighted by molar-refractivity contribution is -0.180. The van der Waals surface area contributed by atoms with Gasteiger partial charge in [0.15, 0.2) is 5.65 Å². The zero-order chi connectivity index (χ0) is 24.7. The fraction of sp³-hybridized carbons (Fsp3) is 0.625. The summed E-state index contributed by atoms with van der Waals surface area (Å²) in [6.45, 7) is 4.20. The van der Waals surface area contributed by atoms with E-state index in [0.29, 0.717) is 55.0 Å². The number of hydrogen-bond donors (Lipinski definition) is 0. The summed E-state index contributed by atoms with van der Waals surface area (Å²) in [4.78, 5) is 31.9. The van der Waals surface area contributed by atoms with E-state index in [-0.39, 0.29) is 29.2 Å². The summed E-state index contributed by atoms with van der Waals surface area (Å²) in [5, 5.41) is 0. The SMILES string of the molecule is Cc1nc2nc(C3CCOC(c4cn(C)c(=O)s4)C3)nc(C34CC(C3)[C@H](C(F)(F)F)C4)c2nc1C. The Balaban J connectivity index is 1.41. The van der Waals surface area contributed by atoms with Gasteiger partial charge >= 0.3 is 11.0 Å². The van der Waals surface area contributed by atoms with E-state index in [1.54, 1.807) is 17.8 Å². The number of fused-ring (bicyclic) bond motifs is 2. The fourth-order valence-electron chi connectivity index (χ4n) is 6.16. The second-order valence-corrected chi connectivity index (χ2v) is 11.4. The van der Waals surface area contributed by atoms with Gasteiger partial charge in [0.05, 0.1) is 34.0 Å². The minimum atomic E-state index is -4.20. The normalized spacial score (nSPS) is 30.6. The molecule has 186 valence electrons. The molecule has 4 aliphatic rings. The topological polar surface area (TPSA) is 82.8 Å². The summed E-state index contributed by atoms with van der Waals surface area (Å²) in [6, 6.07) is 0. The van der Waals surface area contributed by atoms with Gasteiger partial charge in [-0.3, -0.25) is 4.79 Å². The molecule has 11 heteroatoms. The van der Waals surface area contributed by atoms with Crippen molar-refractivity contribution in [3.63, 3.8) is 0 Å². The molecule has 0 N–H and O–H groups in total. The summed E-state index contributed by atoms with van der Waals surface area (Å²) in [6.07, 6.45) is -0.334. The molecule has 2 bridgehead atoms. The maximum atomic E-state index is 13.7. The summed E-state index contributed by atoms with van der Waals surface area (Å²) >= 11 is 1.17. The van der Waals surface area contributed by atoms with Gasteiger partial charge in [-0.25, -0.2) is 19.9 Å². The molecule has 0 radical (unpaired) electrons. The Morgan fingerprint density at radius 2 is 1.86 bits per heavy atom. The minimum Gasteiger partial charge on any atom is -0.373 e. The molecule has 7 nitrogen and oxygen atoms in total. The molecule has 4 fully saturated rings. The van der Waals surface area contributed by atoms with E-state index < -0.39 is 17.5 Å². The van der Waals surface area contributed by atoms with Crippen molar-refractivity contribution in [2.75, 3.05) is 6.61 Å². The van der Waals surface area contributed by atoms with Crippen LogP contribution in [-0.2, 0) is 17.2 Å². The van der Waals surface area contributed by atoms with Gasteiger partial charge in [-0.1, -0.05) is 11.3 Å². The third kappa shape index (κ3) is 3.69. The number of hydrogen-bond acceptors (Lipinski definition) is 7. The average molecular weight is 506 g/mol. The average Bonchev–Trinajstić information content (AvgIpc) is 3.46. The summed E-state index contributed by atoms with van der Waals surface area (Å²) in [5.41, 5.74) is 2.47. The van der Waals surface area contributed by atoms with Gasteiger partial charge in [0.25, 0.3) is 0 Å². The maximum Gasteiger partial charge on any atom is 0.392 e. The third-order valence-corrected chi connectivity index (χ3v) is 9.22. The van der Waals surface area contributed by atoms with Gasteiger partial charge in [0, 0.05) is 31.2 Å². The molecule has 0 aromatic carbocycles. The highest BCUT2D eigenvalue weighted by atomic mass is 32.1. The zero-order valence-electron chi connectivity index (χ0n) is 19.7. The van der Waals surface area contributed by atoms with Crippen molar-refractivity contribution in [3.05, 3.63) is 43.6 Å². The first-order chi connectivity index (χ1) is 16.5. The van der Waals surface area contributed by atoms with Crippen LogP contribution in [0.25, 0.3) is 11.2 Å². The molecular weight excluding hydrogens is 479 g/mol. The lowest BCUT2D eigenvalue weighted by atomic mass is 9.67. The number of alkyl halides is 3. The predicted octanol–water partition coefficient (Wildman–Crippen LogP) is 4.66. The van der Waals surface area contributed by atoms with Gasteiger partial charge in [-0.15, -0.1) is 0 Å². The largest absolute Gasteiger partial charge is 0.392 e. The smallest absolute Gasteiger partial charge is 0.373 e. The molecule has 0 spiro atoms. The van der Waals surface area contributed by atoms with Crippen molar-refractivity contribution in [3.8, 4) is 0 Å². The zero-order valence-corrected chi connectivity index (χ0v) is 20.5. The number of rotatable bonds is 3. The maximum absolute atomic E-state index is 13.7. The van der Waals surface area contributed by atoms with Crippen LogP contribution in [0.3, 0.4) is 0 Å². The van der Waals surface area contributed by atoms with Gasteiger partial charge < -0.3 is 9.30 Å². The highest BCUT2D eigenvalue weighted by Crippen LogP contribution is 2.66. The number of nitrogens with zero attached hydrogens (tertiary/aromatic N) is 5. The van der Waals surface area contributed by atoms with Gasteiger partial charge in [0.1, 0.15) is 11.3 Å². The monoisotopic (exact) mass is 505 g/mol. The molecule has 7 rings (SSSR count). The highest BCUT2D eigenvalue weighted by Gasteiger charge is 2.65. The molecule has 35 heavy (non-hydrogen) atoms. The van der Waals surface area contributed by atoms with Gasteiger partial charge in [-0.2, -0.15) is 13.2 Å². The predicted molar refractivity (Wildman–Crippen MR) is 123 cm³/mol. The van der Waals surface area contributed by atoms with Crippen LogP contribution in [0.4, 0.5) is 13.2 Å². The van der Waals surface area contributed by atoms with E-state index in [9.17, 15) is 18.0 Å². The van der Waals surface area contributed by atoms with Crippen molar-refractivity contribution in [2.45, 2.75) is 69.6 Å². The molecule has 3 aromatic heterocycles. The summed E-state index contributed by atoms with van der Waals surface area (Å²) in [5.74, 6) is -1.09. The number of ether oxygens (including phenoxy) is 1. The first-order valence-corrected chi connectivity index (χ1v) is 12.7. The van der Waals surface area contributed by atoms with Crippen LogP contribution in [0.1, 0.15) is 71.9 Å². The molecule has 1 aliphatic heterocycles. The van der Waals surface area contributed by atoms with Crippen molar-refractivity contribution >= 4 is 22.5 Å². The van der Waals surface area contributed by atoms with Crippen LogP contribution in [-0.4, -0.2) is 37.3 Å². The Hall–Kier alpha value is -2.40. The number of aryl methyl sites for hydroxylation is 3. The van der Waals surface area contributed by atoms with Crippen LogP contribution < -0.4 is 4.87 Å². The van der Waals surface area contributed by atoms with Crippen molar-refractivity contribution in [1.29, 1.82) is 0 Å². The number of aromatic nitrogens is 5. The van der Waals surface area contributed by atoms with Crippen molar-refractivity contribution < 1.29 is 17.9 Å². The Morgan fingerprint density at radius 3 is 2.51 bits per heavy atom. The molecular formula is C24H26F3N5O2S. The molecule has 2 unspecified atom stereocenters. The second-order valence-electron chi connectivity index (χ2n) is 10.4. The van der Waals surface area contributed by atoms with Crippen LogP contribution >= 0.6 is 11.3 Å². The molecule has 3 aromatic rings. The Labute approximate surface area is 203 Å². The second kappa shape index (κ2) is 7.80. The lowest BCUT2D eigenvalue weighted by Gasteiger charge is -2.39. The Morgan fingerprint density at radius 1 is 1.11 bits per heavy atom. The van der Waals surface area contributed by atoms with E-state index >= 15 is 0 Å². The lowest BCUT2D eigenvalue weighted by Crippen LogP contribution is -2.35. The highest BCUT2D eigenvalue weighted by molar-refractivity contribution is 7.09. The van der Waals surface area contributed by atoms with Crippen LogP contribution in [0.15, 0.2) is 11.0 Å². The number of halogens is 3. The quantitative estimate of drug-likeness (QED) is 0.515. The Bertz CT molecular complexity index is 1380. The van der Waals surface area contributed by atoms with E-state index in [1.807, 2.05) is 13.8 Å². The first kappa shape index (κ1) is 23.0. The van der Waals surface area contributed by atoms with Crippen LogP contribution in [0.5, 0.6) is 0 Å². The third-order valence-electron chi connectivity index (χ3n) is 8.15. The standard InChI is InChI=1S/C24H26F3N5O2S/c1-11-12(2)29-21-18(28-11)19(23-7-14(8-23)15(9-23)24(25,26)27)30-20(31-21)13-4-5-34-16(6-13)17-10-32(3)22(33)35-17/h10,13-16H,4-9H2,1-3H3/t13?,14?,15-,16?,23?/m1/s1. The van der Waals surface area contributed by atoms with Crippen LogP contribution in [0.2, 0.25) is 0 Å². The molecule has 0 amide bonds.